The van der Waals surface area contributed by atoms with Crippen LogP contribution in [0, 0.1) is 5.82 Å². The molecule has 0 amide bonds. The summed E-state index contributed by atoms with van der Waals surface area (Å²) in [6.07, 6.45) is 2.59. The average Bonchev–Trinajstić information content (AvgIpc) is 2.46. The van der Waals surface area contributed by atoms with Gasteiger partial charge in [0, 0.05) is 37.8 Å². The quantitative estimate of drug-likeness (QED) is 0.826. The lowest BCUT2D eigenvalue weighted by atomic mass is 10.00. The van der Waals surface area contributed by atoms with Crippen molar-refractivity contribution in [3.63, 3.8) is 0 Å². The van der Waals surface area contributed by atoms with Gasteiger partial charge in [0.1, 0.15) is 0 Å². The summed E-state index contributed by atoms with van der Waals surface area (Å²) in [5, 5.41) is 3.31. The molecule has 1 fully saturated rings. The second kappa shape index (κ2) is 6.68. The van der Waals surface area contributed by atoms with Crippen LogP contribution in [0.1, 0.15) is 18.0 Å². The Labute approximate surface area is 114 Å². The number of piperazine rings is 1. The summed E-state index contributed by atoms with van der Waals surface area (Å²) in [6, 6.07) is 5.38. The monoisotopic (exact) mass is 264 g/mol. The molecule has 1 aromatic rings. The third-order valence-corrected chi connectivity index (χ3v) is 3.55. The lowest BCUT2D eigenvalue weighted by Crippen LogP contribution is -2.45. The first-order valence-electron chi connectivity index (χ1n) is 6.66. The van der Waals surface area contributed by atoms with Crippen LogP contribution in [0.3, 0.4) is 0 Å². The largest absolute Gasteiger partial charge is 0.494 e. The van der Waals surface area contributed by atoms with Crippen LogP contribution in [-0.4, -0.2) is 38.2 Å². The maximum Gasteiger partial charge on any atom is 0.169 e. The molecule has 0 unspecified atom stereocenters. The lowest BCUT2D eigenvalue weighted by Gasteiger charge is -2.35. The van der Waals surface area contributed by atoms with Gasteiger partial charge < -0.3 is 10.1 Å². The Hall–Kier alpha value is -1.39. The molecule has 1 atom stereocenters. The second-order valence-electron chi connectivity index (χ2n) is 4.69. The van der Waals surface area contributed by atoms with Crippen LogP contribution in [0.5, 0.6) is 5.75 Å². The van der Waals surface area contributed by atoms with Crippen molar-refractivity contribution in [3.8, 4) is 5.75 Å². The third-order valence-electron chi connectivity index (χ3n) is 3.55. The molecule has 4 heteroatoms. The fraction of sp³-hybridized carbons (Fsp3) is 0.467. The molecule has 0 aromatic heterocycles. The zero-order valence-electron chi connectivity index (χ0n) is 11.4. The number of halogens is 1. The molecule has 1 N–H and O–H groups in total. The van der Waals surface area contributed by atoms with Crippen LogP contribution in [0.4, 0.5) is 4.39 Å². The van der Waals surface area contributed by atoms with Gasteiger partial charge in [0.25, 0.3) is 0 Å². The summed E-state index contributed by atoms with van der Waals surface area (Å²) in [4.78, 5) is 2.30. The Morgan fingerprint density at radius 3 is 2.84 bits per heavy atom. The van der Waals surface area contributed by atoms with Crippen molar-refractivity contribution in [1.82, 2.24) is 10.2 Å². The van der Waals surface area contributed by atoms with Gasteiger partial charge in [-0.25, -0.2) is 4.39 Å². The average molecular weight is 264 g/mol. The van der Waals surface area contributed by atoms with E-state index in [1.165, 1.54) is 7.11 Å². The fourth-order valence-electron chi connectivity index (χ4n) is 2.57. The normalized spacial score (nSPS) is 18.0. The van der Waals surface area contributed by atoms with Crippen LogP contribution in [-0.2, 0) is 0 Å². The molecule has 0 bridgehead atoms. The summed E-state index contributed by atoms with van der Waals surface area (Å²) < 4.78 is 19.5. The van der Waals surface area contributed by atoms with Crippen molar-refractivity contribution in [1.29, 1.82) is 0 Å². The molecule has 1 aromatic carbocycles. The minimum Gasteiger partial charge on any atom is -0.494 e. The number of hydrogen-bond acceptors (Lipinski definition) is 3. The molecule has 1 saturated heterocycles. The Bertz CT molecular complexity index is 430. The maximum atomic E-state index is 14.4. The molecule has 1 aliphatic rings. The number of nitrogens with one attached hydrogen (secondary N) is 1. The maximum absolute atomic E-state index is 14.4. The van der Waals surface area contributed by atoms with Gasteiger partial charge >= 0.3 is 0 Å². The minimum atomic E-state index is -0.254. The van der Waals surface area contributed by atoms with Crippen molar-refractivity contribution in [3.05, 3.63) is 42.2 Å². The summed E-state index contributed by atoms with van der Waals surface area (Å²) in [6.45, 7) is 7.54. The molecular formula is C15H21FN2O. The van der Waals surface area contributed by atoms with E-state index in [0.717, 1.165) is 32.6 Å². The highest BCUT2D eigenvalue weighted by Crippen LogP contribution is 2.31. The van der Waals surface area contributed by atoms with Crippen molar-refractivity contribution in [2.45, 2.75) is 12.5 Å². The highest BCUT2D eigenvalue weighted by Gasteiger charge is 2.24. The van der Waals surface area contributed by atoms with Crippen LogP contribution in [0.15, 0.2) is 30.9 Å². The van der Waals surface area contributed by atoms with E-state index in [1.807, 2.05) is 18.2 Å². The van der Waals surface area contributed by atoms with E-state index < -0.39 is 0 Å². The number of ether oxygens (including phenoxy) is 1. The molecule has 1 aliphatic heterocycles. The number of hydrogen-bond donors (Lipinski definition) is 1. The van der Waals surface area contributed by atoms with Gasteiger partial charge in [-0.15, -0.1) is 6.58 Å². The van der Waals surface area contributed by atoms with Crippen molar-refractivity contribution >= 4 is 0 Å². The summed E-state index contributed by atoms with van der Waals surface area (Å²) in [5.41, 5.74) is 0.696. The predicted octanol–water partition coefficient (Wildman–Crippen LogP) is 2.36. The third kappa shape index (κ3) is 3.14. The van der Waals surface area contributed by atoms with Gasteiger partial charge in [0.05, 0.1) is 7.11 Å². The van der Waals surface area contributed by atoms with E-state index in [9.17, 15) is 4.39 Å². The van der Waals surface area contributed by atoms with E-state index in [-0.39, 0.29) is 11.9 Å². The van der Waals surface area contributed by atoms with Gasteiger partial charge in [-0.1, -0.05) is 18.2 Å². The van der Waals surface area contributed by atoms with Gasteiger partial charge in [0.2, 0.25) is 0 Å². The van der Waals surface area contributed by atoms with E-state index in [0.29, 0.717) is 11.3 Å². The first kappa shape index (κ1) is 14.0. The molecule has 0 aliphatic carbocycles. The molecule has 104 valence electrons. The van der Waals surface area contributed by atoms with Crippen molar-refractivity contribution in [2.24, 2.45) is 0 Å². The molecule has 0 saturated carbocycles. The SMILES string of the molecule is C=CC[C@H](c1cccc(OC)c1F)N1CCNCC1. The summed E-state index contributed by atoms with van der Waals surface area (Å²) in [5.74, 6) is 0.0529. The standard InChI is InChI=1S/C15H21FN2O/c1-3-5-13(18-10-8-17-9-11-18)12-6-4-7-14(19-2)15(12)16/h3-4,6-7,13,17H,1,5,8-11H2,2H3/t13-/m1/s1. The summed E-state index contributed by atoms with van der Waals surface area (Å²) >= 11 is 0. The van der Waals surface area contributed by atoms with Crippen molar-refractivity contribution in [2.75, 3.05) is 33.3 Å². The molecule has 1 heterocycles. The Morgan fingerprint density at radius 1 is 1.47 bits per heavy atom. The molecule has 0 spiro atoms. The van der Waals surface area contributed by atoms with Crippen molar-refractivity contribution < 1.29 is 9.13 Å². The molecule has 19 heavy (non-hydrogen) atoms. The van der Waals surface area contributed by atoms with Crippen LogP contribution in [0.2, 0.25) is 0 Å². The van der Waals surface area contributed by atoms with E-state index in [4.69, 9.17) is 4.74 Å². The first-order chi connectivity index (χ1) is 9.27. The Kier molecular flexibility index (Phi) is 4.93. The van der Waals surface area contributed by atoms with Crippen LogP contribution < -0.4 is 10.1 Å². The highest BCUT2D eigenvalue weighted by atomic mass is 19.1. The van der Waals surface area contributed by atoms with Gasteiger partial charge in [-0.05, 0) is 12.5 Å². The number of methoxy groups -OCH3 is 1. The molecule has 2 rings (SSSR count). The predicted molar refractivity (Wildman–Crippen MR) is 74.9 cm³/mol. The number of rotatable bonds is 5. The van der Waals surface area contributed by atoms with E-state index in [1.54, 1.807) is 6.07 Å². The zero-order chi connectivity index (χ0) is 13.7. The lowest BCUT2D eigenvalue weighted by molar-refractivity contribution is 0.170. The molecular weight excluding hydrogens is 243 g/mol. The smallest absolute Gasteiger partial charge is 0.169 e. The van der Waals surface area contributed by atoms with Gasteiger partial charge in [-0.3, -0.25) is 4.90 Å². The second-order valence-corrected chi connectivity index (χ2v) is 4.69. The molecule has 3 nitrogen and oxygen atoms in total. The van der Waals surface area contributed by atoms with Crippen LogP contribution in [0.25, 0.3) is 0 Å². The molecule has 0 radical (unpaired) electrons. The minimum absolute atomic E-state index is 0.0368. The van der Waals surface area contributed by atoms with Crippen LogP contribution >= 0.6 is 0 Å². The van der Waals surface area contributed by atoms with Gasteiger partial charge in [-0.2, -0.15) is 0 Å². The first-order valence-corrected chi connectivity index (χ1v) is 6.66. The topological polar surface area (TPSA) is 24.5 Å². The fourth-order valence-corrected chi connectivity index (χ4v) is 2.57. The van der Waals surface area contributed by atoms with Gasteiger partial charge in [0.15, 0.2) is 11.6 Å². The number of benzene rings is 1. The number of nitrogens with zero attached hydrogens (tertiary/aromatic N) is 1. The van der Waals surface area contributed by atoms with E-state index in [2.05, 4.69) is 16.8 Å². The zero-order valence-corrected chi connectivity index (χ0v) is 11.4. The summed E-state index contributed by atoms with van der Waals surface area (Å²) in [7, 11) is 1.50. The Morgan fingerprint density at radius 2 is 2.21 bits per heavy atom. The highest BCUT2D eigenvalue weighted by molar-refractivity contribution is 5.33. The Balaban J connectivity index is 2.29. The van der Waals surface area contributed by atoms with E-state index >= 15 is 0 Å².